The Labute approximate surface area is 169 Å². The Hall–Kier alpha value is -3.19. The first kappa shape index (κ1) is 19.1. The number of ether oxygens (including phenoxy) is 1. The smallest absolute Gasteiger partial charge is 0.253 e. The summed E-state index contributed by atoms with van der Waals surface area (Å²) in [6, 6.07) is 13.9. The Morgan fingerprint density at radius 3 is 2.90 bits per heavy atom. The summed E-state index contributed by atoms with van der Waals surface area (Å²) in [5.41, 5.74) is 2.20. The van der Waals surface area contributed by atoms with Crippen LogP contribution in [0.4, 0.5) is 5.69 Å². The quantitative estimate of drug-likeness (QED) is 0.698. The van der Waals surface area contributed by atoms with Gasteiger partial charge in [0.25, 0.3) is 5.91 Å². The second-order valence-corrected chi connectivity index (χ2v) is 7.33. The number of carbonyl (C=O) groups is 2. The minimum absolute atomic E-state index is 0.0120. The number of H-pyrrole nitrogens is 1. The van der Waals surface area contributed by atoms with Crippen molar-refractivity contribution in [3.05, 3.63) is 59.9 Å². The summed E-state index contributed by atoms with van der Waals surface area (Å²) in [5, 5.41) is 12.1. The maximum absolute atomic E-state index is 13.1. The van der Waals surface area contributed by atoms with E-state index < -0.39 is 0 Å². The molecule has 2 heterocycles. The van der Waals surface area contributed by atoms with Crippen molar-refractivity contribution in [2.24, 2.45) is 0 Å². The van der Waals surface area contributed by atoms with Gasteiger partial charge in [-0.1, -0.05) is 30.3 Å². The van der Waals surface area contributed by atoms with Gasteiger partial charge in [-0.15, -0.1) is 0 Å². The van der Waals surface area contributed by atoms with Gasteiger partial charge >= 0.3 is 0 Å². The average Bonchev–Trinajstić information content (AvgIpc) is 3.21. The van der Waals surface area contributed by atoms with Crippen LogP contribution in [0.25, 0.3) is 10.8 Å². The van der Waals surface area contributed by atoms with Crippen LogP contribution < -0.4 is 5.32 Å². The molecule has 0 unspecified atom stereocenters. The summed E-state index contributed by atoms with van der Waals surface area (Å²) in [7, 11) is 1.48. The molecule has 1 atom stereocenters. The van der Waals surface area contributed by atoms with E-state index in [1.807, 2.05) is 47.4 Å². The van der Waals surface area contributed by atoms with Crippen LogP contribution in [0.5, 0.6) is 0 Å². The Morgan fingerprint density at radius 2 is 2.07 bits per heavy atom. The molecular formula is C22H24N4O3. The number of likely N-dealkylation sites (tertiary alicyclic amines) is 1. The van der Waals surface area contributed by atoms with Gasteiger partial charge in [0, 0.05) is 31.7 Å². The predicted octanol–water partition coefficient (Wildman–Crippen LogP) is 3.17. The summed E-state index contributed by atoms with van der Waals surface area (Å²) >= 11 is 0. The molecule has 0 radical (unpaired) electrons. The van der Waals surface area contributed by atoms with Gasteiger partial charge in [-0.2, -0.15) is 5.10 Å². The van der Waals surface area contributed by atoms with E-state index in [9.17, 15) is 9.59 Å². The third kappa shape index (κ3) is 4.14. The van der Waals surface area contributed by atoms with Crippen molar-refractivity contribution in [1.29, 1.82) is 0 Å². The minimum Gasteiger partial charge on any atom is -0.375 e. The number of rotatable bonds is 5. The van der Waals surface area contributed by atoms with E-state index in [-0.39, 0.29) is 24.3 Å². The number of fused-ring (bicyclic) bond motifs is 1. The molecule has 1 aliphatic rings. The Kier molecular flexibility index (Phi) is 5.57. The maximum atomic E-state index is 13.1. The summed E-state index contributed by atoms with van der Waals surface area (Å²) < 4.78 is 4.87. The normalized spacial score (nSPS) is 16.7. The number of amides is 2. The van der Waals surface area contributed by atoms with E-state index in [2.05, 4.69) is 15.5 Å². The van der Waals surface area contributed by atoms with Gasteiger partial charge in [0.15, 0.2) is 0 Å². The molecule has 1 aliphatic heterocycles. The van der Waals surface area contributed by atoms with E-state index in [0.717, 1.165) is 35.9 Å². The van der Waals surface area contributed by atoms with Gasteiger partial charge in [0.2, 0.25) is 5.91 Å². The number of anilines is 1. The first-order chi connectivity index (χ1) is 14.2. The van der Waals surface area contributed by atoms with Crippen molar-refractivity contribution in [3.8, 4) is 0 Å². The van der Waals surface area contributed by atoms with Crippen LogP contribution in [-0.4, -0.2) is 53.7 Å². The molecule has 1 fully saturated rings. The first-order valence-corrected chi connectivity index (χ1v) is 9.76. The van der Waals surface area contributed by atoms with Crippen molar-refractivity contribution >= 4 is 28.3 Å². The maximum Gasteiger partial charge on any atom is 0.253 e. The standard InChI is InChI=1S/C22H24N4O3/c1-29-14-20(27)24-19-12-23-25-21(19)18-7-4-10-26(13-18)22(28)17-9-8-15-5-2-3-6-16(15)11-17/h2-3,5-6,8-9,11-12,18H,4,7,10,13-14H2,1H3,(H,23,25)(H,24,27)/t18-/m1/s1. The van der Waals surface area contributed by atoms with Crippen LogP contribution in [0.3, 0.4) is 0 Å². The predicted molar refractivity (Wildman–Crippen MR) is 111 cm³/mol. The molecule has 3 aromatic rings. The van der Waals surface area contributed by atoms with E-state index in [4.69, 9.17) is 4.74 Å². The molecular weight excluding hydrogens is 368 g/mol. The molecule has 2 amide bonds. The molecule has 0 saturated carbocycles. The summed E-state index contributed by atoms with van der Waals surface area (Å²) in [6.45, 7) is 1.30. The van der Waals surface area contributed by atoms with Crippen LogP contribution in [0, 0.1) is 0 Å². The Morgan fingerprint density at radius 1 is 1.24 bits per heavy atom. The molecule has 1 aromatic heterocycles. The van der Waals surface area contributed by atoms with E-state index >= 15 is 0 Å². The lowest BCUT2D eigenvalue weighted by atomic mass is 9.93. The fourth-order valence-electron chi connectivity index (χ4n) is 3.93. The fourth-order valence-corrected chi connectivity index (χ4v) is 3.93. The number of aromatic nitrogens is 2. The minimum atomic E-state index is -0.227. The molecule has 29 heavy (non-hydrogen) atoms. The van der Waals surface area contributed by atoms with Gasteiger partial charge in [0.1, 0.15) is 6.61 Å². The summed E-state index contributed by atoms with van der Waals surface area (Å²) in [4.78, 5) is 26.9. The van der Waals surface area contributed by atoms with Crippen LogP contribution in [0.15, 0.2) is 48.7 Å². The number of aromatic amines is 1. The van der Waals surface area contributed by atoms with Crippen LogP contribution >= 0.6 is 0 Å². The zero-order valence-corrected chi connectivity index (χ0v) is 16.4. The molecule has 0 spiro atoms. The van der Waals surface area contributed by atoms with E-state index in [1.54, 1.807) is 6.20 Å². The number of nitrogens with one attached hydrogen (secondary N) is 2. The molecule has 7 heteroatoms. The summed E-state index contributed by atoms with van der Waals surface area (Å²) in [6.07, 6.45) is 3.43. The number of piperidine rings is 1. The van der Waals surface area contributed by atoms with Crippen LogP contribution in [-0.2, 0) is 9.53 Å². The molecule has 7 nitrogen and oxygen atoms in total. The molecule has 1 saturated heterocycles. The average molecular weight is 392 g/mol. The number of hydrogen-bond acceptors (Lipinski definition) is 4. The monoisotopic (exact) mass is 392 g/mol. The van der Waals surface area contributed by atoms with Crippen molar-refractivity contribution in [3.63, 3.8) is 0 Å². The van der Waals surface area contributed by atoms with E-state index in [0.29, 0.717) is 17.8 Å². The van der Waals surface area contributed by atoms with Gasteiger partial charge < -0.3 is 15.0 Å². The molecule has 150 valence electrons. The van der Waals surface area contributed by atoms with Gasteiger partial charge in [-0.25, -0.2) is 0 Å². The van der Waals surface area contributed by atoms with Gasteiger partial charge in [0.05, 0.1) is 17.6 Å². The van der Waals surface area contributed by atoms with Crippen molar-refractivity contribution < 1.29 is 14.3 Å². The second-order valence-electron chi connectivity index (χ2n) is 7.33. The lowest BCUT2D eigenvalue weighted by Crippen LogP contribution is -2.39. The molecule has 2 N–H and O–H groups in total. The Bertz CT molecular complexity index is 1030. The van der Waals surface area contributed by atoms with Crippen LogP contribution in [0.1, 0.15) is 34.8 Å². The zero-order chi connectivity index (χ0) is 20.2. The summed E-state index contributed by atoms with van der Waals surface area (Å²) in [5.74, 6) is -0.103. The van der Waals surface area contributed by atoms with E-state index in [1.165, 1.54) is 7.11 Å². The number of nitrogens with zero attached hydrogens (tertiary/aromatic N) is 2. The molecule has 4 rings (SSSR count). The van der Waals surface area contributed by atoms with Crippen molar-refractivity contribution in [2.45, 2.75) is 18.8 Å². The lowest BCUT2D eigenvalue weighted by Gasteiger charge is -2.32. The SMILES string of the molecule is COCC(=O)Nc1cn[nH]c1[C@@H]1CCCN(C(=O)c2ccc3ccccc3c2)C1. The van der Waals surface area contributed by atoms with Crippen molar-refractivity contribution in [2.75, 3.05) is 32.1 Å². The number of hydrogen-bond donors (Lipinski definition) is 2. The Balaban J connectivity index is 1.50. The fraction of sp³-hybridized carbons (Fsp3) is 0.318. The number of benzene rings is 2. The highest BCUT2D eigenvalue weighted by Gasteiger charge is 2.28. The number of methoxy groups -OCH3 is 1. The highest BCUT2D eigenvalue weighted by Crippen LogP contribution is 2.31. The van der Waals surface area contributed by atoms with Crippen LogP contribution in [0.2, 0.25) is 0 Å². The lowest BCUT2D eigenvalue weighted by molar-refractivity contribution is -0.119. The number of carbonyl (C=O) groups excluding carboxylic acids is 2. The molecule has 0 bridgehead atoms. The highest BCUT2D eigenvalue weighted by molar-refractivity contribution is 5.98. The van der Waals surface area contributed by atoms with Crippen molar-refractivity contribution in [1.82, 2.24) is 15.1 Å². The van der Waals surface area contributed by atoms with Gasteiger partial charge in [-0.05, 0) is 35.7 Å². The third-order valence-electron chi connectivity index (χ3n) is 5.33. The first-order valence-electron chi connectivity index (χ1n) is 9.76. The molecule has 2 aromatic carbocycles. The largest absolute Gasteiger partial charge is 0.375 e. The zero-order valence-electron chi connectivity index (χ0n) is 16.4. The third-order valence-corrected chi connectivity index (χ3v) is 5.33. The second kappa shape index (κ2) is 8.45. The highest BCUT2D eigenvalue weighted by atomic mass is 16.5. The topological polar surface area (TPSA) is 87.3 Å². The molecule has 0 aliphatic carbocycles. The van der Waals surface area contributed by atoms with Gasteiger partial charge in [-0.3, -0.25) is 14.7 Å².